The van der Waals surface area contributed by atoms with Crippen LogP contribution in [0.3, 0.4) is 0 Å². The Bertz CT molecular complexity index is 349. The van der Waals surface area contributed by atoms with Gasteiger partial charge in [-0.3, -0.25) is 4.98 Å². The molecule has 2 rings (SSSR count). The van der Waals surface area contributed by atoms with Crippen LogP contribution in [0, 0.1) is 5.92 Å². The second-order valence-corrected chi connectivity index (χ2v) is 4.65. The molecule has 94 valence electrons. The van der Waals surface area contributed by atoms with Crippen LogP contribution in [0.4, 0.5) is 0 Å². The molecule has 1 aromatic rings. The van der Waals surface area contributed by atoms with Gasteiger partial charge in [0.05, 0.1) is 7.11 Å². The van der Waals surface area contributed by atoms with Crippen molar-refractivity contribution in [1.82, 2.24) is 9.97 Å². The molecule has 1 saturated carbocycles. The predicted molar refractivity (Wildman–Crippen MR) is 64.7 cm³/mol. The predicted octanol–water partition coefficient (Wildman–Crippen LogP) is 2.49. The van der Waals surface area contributed by atoms with Gasteiger partial charge in [-0.1, -0.05) is 25.7 Å². The Kier molecular flexibility index (Phi) is 4.31. The minimum Gasteiger partial charge on any atom is -0.480 e. The molecule has 17 heavy (non-hydrogen) atoms. The van der Waals surface area contributed by atoms with Crippen molar-refractivity contribution in [3.63, 3.8) is 0 Å². The normalized spacial score (nSPS) is 19.6. The van der Waals surface area contributed by atoms with E-state index in [0.717, 1.165) is 12.8 Å². The first-order valence-corrected chi connectivity index (χ1v) is 6.36. The smallest absolute Gasteiger partial charge is 0.238 e. The monoisotopic (exact) mass is 236 g/mol. The third kappa shape index (κ3) is 2.94. The topological polar surface area (TPSA) is 55.2 Å². The lowest BCUT2D eigenvalue weighted by atomic mass is 9.92. The summed E-state index contributed by atoms with van der Waals surface area (Å²) in [5.74, 6) is 0.743. The molecular weight excluding hydrogens is 216 g/mol. The highest BCUT2D eigenvalue weighted by atomic mass is 16.5. The van der Waals surface area contributed by atoms with Crippen LogP contribution < -0.4 is 4.74 Å². The Morgan fingerprint density at radius 3 is 2.47 bits per heavy atom. The largest absolute Gasteiger partial charge is 0.480 e. The maximum absolute atomic E-state index is 10.4. The Labute approximate surface area is 102 Å². The Morgan fingerprint density at radius 1 is 1.18 bits per heavy atom. The molecule has 1 aliphatic rings. The van der Waals surface area contributed by atoms with Gasteiger partial charge in [0.25, 0.3) is 0 Å². The van der Waals surface area contributed by atoms with Crippen LogP contribution in [0.1, 0.15) is 50.3 Å². The van der Waals surface area contributed by atoms with Crippen LogP contribution in [0.15, 0.2) is 12.4 Å². The molecule has 0 spiro atoms. The standard InChI is InChI=1S/C13H20N2O2/c1-17-13-11(14-8-9-15-13)12(16)10-6-4-2-3-5-7-10/h8-10,12,16H,2-7H2,1H3. The summed E-state index contributed by atoms with van der Waals surface area (Å²) in [6.45, 7) is 0. The summed E-state index contributed by atoms with van der Waals surface area (Å²) in [6, 6.07) is 0. The Morgan fingerprint density at radius 2 is 1.82 bits per heavy atom. The van der Waals surface area contributed by atoms with Gasteiger partial charge in [-0.2, -0.15) is 0 Å². The van der Waals surface area contributed by atoms with E-state index >= 15 is 0 Å². The van der Waals surface area contributed by atoms with E-state index in [1.807, 2.05) is 0 Å². The van der Waals surface area contributed by atoms with E-state index in [-0.39, 0.29) is 0 Å². The van der Waals surface area contributed by atoms with Gasteiger partial charge in [-0.05, 0) is 18.8 Å². The van der Waals surface area contributed by atoms with Crippen molar-refractivity contribution in [2.75, 3.05) is 7.11 Å². The summed E-state index contributed by atoms with van der Waals surface area (Å²) in [7, 11) is 1.56. The summed E-state index contributed by atoms with van der Waals surface area (Å²) in [6.07, 6.45) is 9.74. The molecule has 4 nitrogen and oxygen atoms in total. The van der Waals surface area contributed by atoms with E-state index in [0.29, 0.717) is 17.5 Å². The fourth-order valence-electron chi connectivity index (χ4n) is 2.55. The first kappa shape index (κ1) is 12.3. The second kappa shape index (κ2) is 5.96. The lowest BCUT2D eigenvalue weighted by Crippen LogP contribution is -2.15. The Hall–Kier alpha value is -1.16. The molecule has 1 fully saturated rings. The summed E-state index contributed by atoms with van der Waals surface area (Å²) in [4.78, 5) is 8.31. The quantitative estimate of drug-likeness (QED) is 0.819. The van der Waals surface area contributed by atoms with E-state index in [4.69, 9.17) is 4.74 Å². The zero-order chi connectivity index (χ0) is 12.1. The van der Waals surface area contributed by atoms with Crippen molar-refractivity contribution in [3.8, 4) is 5.88 Å². The first-order valence-electron chi connectivity index (χ1n) is 6.36. The molecule has 1 heterocycles. The van der Waals surface area contributed by atoms with Gasteiger partial charge in [0.2, 0.25) is 5.88 Å². The number of hydrogen-bond acceptors (Lipinski definition) is 4. The highest BCUT2D eigenvalue weighted by molar-refractivity contribution is 5.20. The van der Waals surface area contributed by atoms with E-state index in [1.165, 1.54) is 25.7 Å². The molecule has 1 aliphatic carbocycles. The number of nitrogens with zero attached hydrogens (tertiary/aromatic N) is 2. The number of ether oxygens (including phenoxy) is 1. The Balaban J connectivity index is 2.14. The van der Waals surface area contributed by atoms with E-state index in [1.54, 1.807) is 19.5 Å². The molecule has 0 radical (unpaired) electrons. The molecule has 1 aromatic heterocycles. The third-order valence-electron chi connectivity index (χ3n) is 3.51. The van der Waals surface area contributed by atoms with E-state index in [9.17, 15) is 5.11 Å². The highest BCUT2D eigenvalue weighted by Crippen LogP contribution is 2.35. The minimum absolute atomic E-state index is 0.295. The number of aliphatic hydroxyl groups is 1. The molecule has 1 unspecified atom stereocenters. The van der Waals surface area contributed by atoms with E-state index in [2.05, 4.69) is 9.97 Å². The van der Waals surface area contributed by atoms with Crippen molar-refractivity contribution in [3.05, 3.63) is 18.1 Å². The maximum atomic E-state index is 10.4. The second-order valence-electron chi connectivity index (χ2n) is 4.65. The van der Waals surface area contributed by atoms with Crippen LogP contribution >= 0.6 is 0 Å². The number of methoxy groups -OCH3 is 1. The zero-order valence-corrected chi connectivity index (χ0v) is 10.3. The number of aliphatic hydroxyl groups excluding tert-OH is 1. The average Bonchev–Trinajstić information content (AvgIpc) is 2.66. The molecule has 1 N–H and O–H groups in total. The SMILES string of the molecule is COc1nccnc1C(O)C1CCCCCC1. The fourth-order valence-corrected chi connectivity index (χ4v) is 2.55. The summed E-state index contributed by atoms with van der Waals surface area (Å²) >= 11 is 0. The van der Waals surface area contributed by atoms with Crippen LogP contribution in [0.2, 0.25) is 0 Å². The van der Waals surface area contributed by atoms with Crippen molar-refractivity contribution in [2.45, 2.75) is 44.6 Å². The number of hydrogen-bond donors (Lipinski definition) is 1. The summed E-state index contributed by atoms with van der Waals surface area (Å²) < 4.78 is 5.15. The minimum atomic E-state index is -0.545. The lowest BCUT2D eigenvalue weighted by Gasteiger charge is -2.21. The van der Waals surface area contributed by atoms with Crippen molar-refractivity contribution < 1.29 is 9.84 Å². The van der Waals surface area contributed by atoms with Crippen molar-refractivity contribution >= 4 is 0 Å². The number of aromatic nitrogens is 2. The zero-order valence-electron chi connectivity index (χ0n) is 10.3. The van der Waals surface area contributed by atoms with Gasteiger partial charge < -0.3 is 9.84 Å². The molecular formula is C13H20N2O2. The van der Waals surface area contributed by atoms with Crippen LogP contribution in [0.5, 0.6) is 5.88 Å². The van der Waals surface area contributed by atoms with Crippen LogP contribution in [-0.2, 0) is 0 Å². The molecule has 0 bridgehead atoms. The van der Waals surface area contributed by atoms with E-state index < -0.39 is 6.10 Å². The van der Waals surface area contributed by atoms with Crippen molar-refractivity contribution in [1.29, 1.82) is 0 Å². The molecule has 4 heteroatoms. The van der Waals surface area contributed by atoms with Crippen LogP contribution in [-0.4, -0.2) is 22.2 Å². The molecule has 1 atom stereocenters. The van der Waals surface area contributed by atoms with Crippen LogP contribution in [0.25, 0.3) is 0 Å². The number of rotatable bonds is 3. The van der Waals surface area contributed by atoms with Gasteiger partial charge in [0, 0.05) is 12.4 Å². The van der Waals surface area contributed by atoms with Crippen molar-refractivity contribution in [2.24, 2.45) is 5.92 Å². The average molecular weight is 236 g/mol. The molecule has 0 amide bonds. The van der Waals surface area contributed by atoms with Gasteiger partial charge in [0.1, 0.15) is 11.8 Å². The lowest BCUT2D eigenvalue weighted by molar-refractivity contribution is 0.0911. The summed E-state index contributed by atoms with van der Waals surface area (Å²) in [5, 5.41) is 10.4. The summed E-state index contributed by atoms with van der Waals surface area (Å²) in [5.41, 5.74) is 0.585. The van der Waals surface area contributed by atoms with Gasteiger partial charge >= 0.3 is 0 Å². The van der Waals surface area contributed by atoms with Gasteiger partial charge in [0.15, 0.2) is 0 Å². The third-order valence-corrected chi connectivity index (χ3v) is 3.51. The first-order chi connectivity index (χ1) is 8.33. The van der Waals surface area contributed by atoms with Gasteiger partial charge in [-0.15, -0.1) is 0 Å². The fraction of sp³-hybridized carbons (Fsp3) is 0.692. The molecule has 0 aliphatic heterocycles. The highest BCUT2D eigenvalue weighted by Gasteiger charge is 2.26. The molecule has 0 aromatic carbocycles. The van der Waals surface area contributed by atoms with Gasteiger partial charge in [-0.25, -0.2) is 4.98 Å². The molecule has 0 saturated heterocycles. The maximum Gasteiger partial charge on any atom is 0.238 e.